The molecule has 0 fully saturated rings. The molecular weight excluding hydrogens is 314 g/mol. The second-order valence-corrected chi connectivity index (χ2v) is 5.66. The van der Waals surface area contributed by atoms with E-state index >= 15 is 0 Å². The van der Waals surface area contributed by atoms with Gasteiger partial charge in [-0.1, -0.05) is 30.3 Å². The number of hydrogen-bond donors (Lipinski definition) is 1. The zero-order valence-electron chi connectivity index (χ0n) is 13.0. The van der Waals surface area contributed by atoms with Crippen LogP contribution in [-0.4, -0.2) is 32.5 Å². The molecular formula is C19H11N5O. The Morgan fingerprint density at radius 2 is 1.68 bits per heavy atom. The van der Waals surface area contributed by atoms with E-state index in [1.807, 2.05) is 36.4 Å². The molecule has 1 aliphatic heterocycles. The number of hydrogen-bond acceptors (Lipinski definition) is 6. The Bertz CT molecular complexity index is 1210. The normalized spacial score (nSPS) is 12.6. The van der Waals surface area contributed by atoms with Crippen molar-refractivity contribution in [2.45, 2.75) is 0 Å². The summed E-state index contributed by atoms with van der Waals surface area (Å²) in [6.07, 6.45) is 4.63. The summed E-state index contributed by atoms with van der Waals surface area (Å²) in [6, 6.07) is 13.3. The largest absolute Gasteiger partial charge is 0.507 e. The smallest absolute Gasteiger partial charge is 0.166 e. The topological polar surface area (TPSA) is 83.6 Å². The van der Waals surface area contributed by atoms with E-state index in [0.717, 1.165) is 10.8 Å². The molecule has 0 spiro atoms. The number of aliphatic imine (C=N–C) groups is 2. The van der Waals surface area contributed by atoms with E-state index < -0.39 is 0 Å². The van der Waals surface area contributed by atoms with Crippen LogP contribution in [-0.2, 0) is 0 Å². The molecule has 6 heteroatoms. The maximum atomic E-state index is 10.5. The second kappa shape index (κ2) is 5.17. The molecule has 0 radical (unpaired) electrons. The summed E-state index contributed by atoms with van der Waals surface area (Å²) in [5.41, 5.74) is 1.96. The first-order chi connectivity index (χ1) is 12.3. The van der Waals surface area contributed by atoms with Gasteiger partial charge in [-0.2, -0.15) is 0 Å². The molecule has 1 N–H and O–H groups in total. The molecule has 25 heavy (non-hydrogen) atoms. The third kappa shape index (κ3) is 2.08. The first kappa shape index (κ1) is 13.7. The predicted molar refractivity (Wildman–Crippen MR) is 98.2 cm³/mol. The quantitative estimate of drug-likeness (QED) is 0.574. The van der Waals surface area contributed by atoms with E-state index in [4.69, 9.17) is 0 Å². The molecule has 0 saturated carbocycles. The summed E-state index contributed by atoms with van der Waals surface area (Å²) >= 11 is 0. The van der Waals surface area contributed by atoms with Gasteiger partial charge in [0.25, 0.3) is 0 Å². The van der Waals surface area contributed by atoms with Gasteiger partial charge in [0.1, 0.15) is 12.1 Å². The number of nitrogens with zero attached hydrogens (tertiary/aromatic N) is 5. The van der Waals surface area contributed by atoms with E-state index in [9.17, 15) is 5.11 Å². The number of phenols is 1. The van der Waals surface area contributed by atoms with Crippen LogP contribution in [0.1, 0.15) is 0 Å². The van der Waals surface area contributed by atoms with Crippen molar-refractivity contribution in [2.75, 3.05) is 0 Å². The van der Waals surface area contributed by atoms with E-state index in [1.54, 1.807) is 18.5 Å². The maximum Gasteiger partial charge on any atom is 0.166 e. The Morgan fingerprint density at radius 1 is 0.840 bits per heavy atom. The van der Waals surface area contributed by atoms with Crippen molar-refractivity contribution in [2.24, 2.45) is 9.98 Å². The number of pyridine rings is 1. The van der Waals surface area contributed by atoms with Crippen LogP contribution in [0.5, 0.6) is 5.75 Å². The maximum absolute atomic E-state index is 10.5. The first-order valence-corrected chi connectivity index (χ1v) is 7.75. The minimum absolute atomic E-state index is 0.167. The Balaban J connectivity index is 1.89. The first-order valence-electron chi connectivity index (χ1n) is 7.75. The van der Waals surface area contributed by atoms with Crippen molar-refractivity contribution in [3.63, 3.8) is 0 Å². The lowest BCUT2D eigenvalue weighted by molar-refractivity contribution is 0.478. The summed E-state index contributed by atoms with van der Waals surface area (Å²) < 4.78 is 0. The van der Waals surface area contributed by atoms with Gasteiger partial charge in [-0.15, -0.1) is 0 Å². The second-order valence-electron chi connectivity index (χ2n) is 5.66. The van der Waals surface area contributed by atoms with Crippen LogP contribution in [0.15, 0.2) is 58.8 Å². The van der Waals surface area contributed by atoms with Gasteiger partial charge in [0.15, 0.2) is 11.6 Å². The van der Waals surface area contributed by atoms with Crippen molar-refractivity contribution in [1.29, 1.82) is 0 Å². The minimum atomic E-state index is 0.167. The van der Waals surface area contributed by atoms with Gasteiger partial charge < -0.3 is 5.11 Å². The molecule has 0 unspecified atom stereocenters. The summed E-state index contributed by atoms with van der Waals surface area (Å²) in [5, 5.41) is 13.1. The molecule has 6 nitrogen and oxygen atoms in total. The van der Waals surface area contributed by atoms with Gasteiger partial charge in [0.2, 0.25) is 0 Å². The Hall–Kier alpha value is -3.67. The van der Waals surface area contributed by atoms with Crippen LogP contribution in [0.2, 0.25) is 0 Å². The average Bonchev–Trinajstić information content (AvgIpc) is 2.85. The van der Waals surface area contributed by atoms with Gasteiger partial charge in [-0.3, -0.25) is 0 Å². The fraction of sp³-hybridized carbons (Fsp3) is 0. The van der Waals surface area contributed by atoms with E-state index in [1.165, 1.54) is 6.33 Å². The van der Waals surface area contributed by atoms with Gasteiger partial charge in [-0.05, 0) is 22.9 Å². The molecule has 0 aliphatic carbocycles. The molecule has 2 aromatic heterocycles. The third-order valence-corrected chi connectivity index (χ3v) is 4.20. The SMILES string of the molecule is Oc1ccc2ccccc2c1-c1cc2ncnc3c2c(n1)N=CC=N3. The molecule has 0 atom stereocenters. The van der Waals surface area contributed by atoms with Gasteiger partial charge in [-0.25, -0.2) is 24.9 Å². The van der Waals surface area contributed by atoms with Crippen LogP contribution in [0.4, 0.5) is 11.6 Å². The van der Waals surface area contributed by atoms with Crippen LogP contribution >= 0.6 is 0 Å². The monoisotopic (exact) mass is 325 g/mol. The van der Waals surface area contributed by atoms with Crippen molar-refractivity contribution in [1.82, 2.24) is 15.0 Å². The van der Waals surface area contributed by atoms with Crippen LogP contribution in [0.25, 0.3) is 32.9 Å². The number of phenolic OH excluding ortho intramolecular Hbond substituents is 1. The van der Waals surface area contributed by atoms with E-state index in [0.29, 0.717) is 33.8 Å². The number of rotatable bonds is 1. The molecule has 0 bridgehead atoms. The highest BCUT2D eigenvalue weighted by Gasteiger charge is 2.17. The molecule has 1 aliphatic rings. The minimum Gasteiger partial charge on any atom is -0.507 e. The Morgan fingerprint density at radius 3 is 2.60 bits per heavy atom. The molecule has 4 aromatic rings. The Labute approximate surface area is 142 Å². The standard InChI is InChI=1S/C19H11N5O/c25-15-6-5-11-3-1-2-4-12(11)16(15)14-9-13-17-18(23-10-22-13)20-7-8-21-19(17)24-14/h1-10,25H. The van der Waals surface area contributed by atoms with E-state index in [-0.39, 0.29) is 5.75 Å². The lowest BCUT2D eigenvalue weighted by Crippen LogP contribution is -1.91. The van der Waals surface area contributed by atoms with Gasteiger partial charge in [0.05, 0.1) is 16.6 Å². The van der Waals surface area contributed by atoms with Crippen molar-refractivity contribution < 1.29 is 5.11 Å². The fourth-order valence-corrected chi connectivity index (χ4v) is 3.10. The van der Waals surface area contributed by atoms with Crippen molar-refractivity contribution >= 4 is 45.7 Å². The van der Waals surface area contributed by atoms with Crippen molar-refractivity contribution in [3.8, 4) is 17.0 Å². The molecule has 0 saturated heterocycles. The highest BCUT2D eigenvalue weighted by molar-refractivity contribution is 6.20. The van der Waals surface area contributed by atoms with Crippen LogP contribution in [0.3, 0.4) is 0 Å². The zero-order valence-corrected chi connectivity index (χ0v) is 13.0. The van der Waals surface area contributed by atoms with Crippen molar-refractivity contribution in [3.05, 3.63) is 48.8 Å². The summed E-state index contributed by atoms with van der Waals surface area (Å²) in [4.78, 5) is 21.8. The zero-order chi connectivity index (χ0) is 16.8. The Kier molecular flexibility index (Phi) is 2.84. The summed E-state index contributed by atoms with van der Waals surface area (Å²) in [7, 11) is 0. The third-order valence-electron chi connectivity index (χ3n) is 4.20. The predicted octanol–water partition coefficient (Wildman–Crippen LogP) is 3.97. The molecule has 0 amide bonds. The molecule has 5 rings (SSSR count). The lowest BCUT2D eigenvalue weighted by Gasteiger charge is -2.11. The number of aromatic hydroxyl groups is 1. The summed E-state index contributed by atoms with van der Waals surface area (Å²) in [5.74, 6) is 1.20. The molecule has 2 aromatic carbocycles. The average molecular weight is 325 g/mol. The van der Waals surface area contributed by atoms with Crippen LogP contribution < -0.4 is 0 Å². The van der Waals surface area contributed by atoms with E-state index in [2.05, 4.69) is 24.9 Å². The molecule has 118 valence electrons. The highest BCUT2D eigenvalue weighted by atomic mass is 16.3. The van der Waals surface area contributed by atoms with Gasteiger partial charge in [0, 0.05) is 18.0 Å². The number of benzene rings is 2. The lowest BCUT2D eigenvalue weighted by atomic mass is 10.00. The fourth-order valence-electron chi connectivity index (χ4n) is 3.10. The number of fused-ring (bicyclic) bond motifs is 1. The number of aromatic nitrogens is 3. The molecule has 3 heterocycles. The van der Waals surface area contributed by atoms with Gasteiger partial charge >= 0.3 is 0 Å². The summed E-state index contributed by atoms with van der Waals surface area (Å²) in [6.45, 7) is 0. The highest BCUT2D eigenvalue weighted by Crippen LogP contribution is 2.39. The van der Waals surface area contributed by atoms with Crippen LogP contribution in [0, 0.1) is 0 Å².